The number of fused-ring (bicyclic) bond motifs is 3. The lowest BCUT2D eigenvalue weighted by atomic mass is 9.72. The molecule has 3 aromatic rings. The second kappa shape index (κ2) is 6.48. The summed E-state index contributed by atoms with van der Waals surface area (Å²) in [4.78, 5) is 13.2. The molecule has 4 heterocycles. The number of amidine groups is 1. The Morgan fingerprint density at radius 1 is 1.24 bits per heavy atom. The summed E-state index contributed by atoms with van der Waals surface area (Å²) in [6.45, 7) is 1.69. The number of nitriles is 1. The normalized spacial score (nSPS) is 27.3. The Balaban J connectivity index is 1.34. The van der Waals surface area contributed by atoms with Gasteiger partial charge in [-0.05, 0) is 55.0 Å². The van der Waals surface area contributed by atoms with Crippen molar-refractivity contribution in [2.75, 3.05) is 11.1 Å². The van der Waals surface area contributed by atoms with Crippen molar-refractivity contribution in [3.05, 3.63) is 53.5 Å². The summed E-state index contributed by atoms with van der Waals surface area (Å²) in [6, 6.07) is 7.44. The molecule has 10 heteroatoms. The van der Waals surface area contributed by atoms with Gasteiger partial charge in [0.05, 0.1) is 16.9 Å². The van der Waals surface area contributed by atoms with Crippen LogP contribution in [0.25, 0.3) is 10.9 Å². The lowest BCUT2D eigenvalue weighted by Crippen LogP contribution is -2.70. The van der Waals surface area contributed by atoms with Crippen molar-refractivity contribution in [3.63, 3.8) is 0 Å². The van der Waals surface area contributed by atoms with Gasteiger partial charge >= 0.3 is 0 Å². The SMILES string of the molecule is C[C@]1(C2CC2)C(=N)N[C@@]2(Cc3cnc(Nc4nccc5cc(C#N)cnc45)cc32)CS1(=O)=O. The Morgan fingerprint density at radius 2 is 2.06 bits per heavy atom. The van der Waals surface area contributed by atoms with Crippen molar-refractivity contribution in [3.8, 4) is 6.07 Å². The topological polar surface area (TPSA) is 145 Å². The lowest BCUT2D eigenvalue weighted by molar-refractivity contribution is 0.349. The molecule has 0 bridgehead atoms. The molecule has 6 rings (SSSR count). The van der Waals surface area contributed by atoms with Crippen LogP contribution in [0.5, 0.6) is 0 Å². The molecule has 2 fully saturated rings. The van der Waals surface area contributed by atoms with Crippen molar-refractivity contribution in [2.45, 2.75) is 36.5 Å². The van der Waals surface area contributed by atoms with E-state index in [0.29, 0.717) is 29.1 Å². The third kappa shape index (κ3) is 2.78. The Morgan fingerprint density at radius 3 is 2.79 bits per heavy atom. The fourth-order valence-electron chi connectivity index (χ4n) is 5.15. The molecule has 0 aromatic carbocycles. The van der Waals surface area contributed by atoms with Gasteiger partial charge in [0.1, 0.15) is 28.0 Å². The van der Waals surface area contributed by atoms with Crippen LogP contribution in [-0.4, -0.2) is 39.7 Å². The predicted octanol–water partition coefficient (Wildman–Crippen LogP) is 2.56. The van der Waals surface area contributed by atoms with E-state index in [4.69, 9.17) is 10.7 Å². The molecule has 1 aliphatic heterocycles. The van der Waals surface area contributed by atoms with E-state index in [2.05, 4.69) is 31.7 Å². The summed E-state index contributed by atoms with van der Waals surface area (Å²) in [5.74, 6) is 1.11. The van der Waals surface area contributed by atoms with Crippen molar-refractivity contribution in [2.24, 2.45) is 5.92 Å². The molecule has 9 nitrogen and oxygen atoms in total. The standard InChI is InChI=1S/C23H21N7O2S/c1-22(16-2-3-16)21(25)30-23(12-33(22,31)32)8-15-11-27-18(7-17(15)23)29-20-19-14(4-5-26-20)6-13(9-24)10-28-19/h4-7,10-11,16H,2-3,8,12H2,1H3,(H2,25,30)(H,26,27,29)/t22-,23-/m0/s1. The van der Waals surface area contributed by atoms with Crippen LogP contribution in [0.4, 0.5) is 11.6 Å². The molecule has 33 heavy (non-hydrogen) atoms. The highest BCUT2D eigenvalue weighted by Crippen LogP contribution is 2.51. The number of hydrogen-bond donors (Lipinski definition) is 3. The summed E-state index contributed by atoms with van der Waals surface area (Å²) in [5.41, 5.74) is 2.08. The highest BCUT2D eigenvalue weighted by atomic mass is 32.2. The van der Waals surface area contributed by atoms with Gasteiger partial charge in [0.2, 0.25) is 0 Å². The average Bonchev–Trinajstić information content (AvgIpc) is 3.63. The Bertz CT molecular complexity index is 1510. The molecule has 1 spiro atoms. The first-order valence-corrected chi connectivity index (χ1v) is 12.4. The molecule has 0 unspecified atom stereocenters. The summed E-state index contributed by atoms with van der Waals surface area (Å²) in [7, 11) is -3.50. The van der Waals surface area contributed by atoms with E-state index in [0.717, 1.165) is 29.4 Å². The number of rotatable bonds is 3. The fraction of sp³-hybridized carbons (Fsp3) is 0.348. The van der Waals surface area contributed by atoms with Gasteiger partial charge < -0.3 is 10.6 Å². The molecule has 1 saturated heterocycles. The number of aromatic nitrogens is 3. The van der Waals surface area contributed by atoms with Gasteiger partial charge in [-0.3, -0.25) is 10.4 Å². The van der Waals surface area contributed by atoms with Gasteiger partial charge in [-0.25, -0.2) is 18.4 Å². The molecule has 3 aromatic heterocycles. The van der Waals surface area contributed by atoms with Crippen LogP contribution in [0.1, 0.15) is 36.5 Å². The van der Waals surface area contributed by atoms with Crippen LogP contribution >= 0.6 is 0 Å². The van der Waals surface area contributed by atoms with Gasteiger partial charge in [0.25, 0.3) is 0 Å². The molecule has 0 radical (unpaired) electrons. The molecule has 3 aliphatic rings. The summed E-state index contributed by atoms with van der Waals surface area (Å²) in [6.07, 6.45) is 7.08. The zero-order valence-corrected chi connectivity index (χ0v) is 18.7. The van der Waals surface area contributed by atoms with E-state index >= 15 is 0 Å². The number of anilines is 2. The van der Waals surface area contributed by atoms with Crippen LogP contribution in [0.15, 0.2) is 36.8 Å². The highest BCUT2D eigenvalue weighted by molar-refractivity contribution is 7.93. The first-order chi connectivity index (χ1) is 15.8. The van der Waals surface area contributed by atoms with E-state index in [1.807, 2.05) is 6.07 Å². The Kier molecular flexibility index (Phi) is 3.94. The lowest BCUT2D eigenvalue weighted by Gasteiger charge is -2.52. The second-order valence-electron chi connectivity index (χ2n) is 9.32. The molecular weight excluding hydrogens is 438 g/mol. The first-order valence-electron chi connectivity index (χ1n) is 10.8. The first kappa shape index (κ1) is 20.1. The van der Waals surface area contributed by atoms with Crippen molar-refractivity contribution < 1.29 is 8.42 Å². The van der Waals surface area contributed by atoms with Crippen molar-refractivity contribution in [1.29, 1.82) is 10.7 Å². The summed E-state index contributed by atoms with van der Waals surface area (Å²) in [5, 5.41) is 24.9. The van der Waals surface area contributed by atoms with Gasteiger partial charge in [0.15, 0.2) is 15.7 Å². The number of hydrogen-bond acceptors (Lipinski definition) is 8. The van der Waals surface area contributed by atoms with Crippen LogP contribution in [-0.2, 0) is 21.8 Å². The molecule has 2 aliphatic carbocycles. The molecule has 2 atom stereocenters. The van der Waals surface area contributed by atoms with Crippen molar-refractivity contribution >= 4 is 38.2 Å². The number of sulfone groups is 1. The average molecular weight is 460 g/mol. The van der Waals surface area contributed by atoms with Crippen LogP contribution in [0, 0.1) is 22.7 Å². The predicted molar refractivity (Wildman–Crippen MR) is 123 cm³/mol. The van der Waals surface area contributed by atoms with Crippen LogP contribution in [0.2, 0.25) is 0 Å². The minimum absolute atomic E-state index is 0.0283. The molecular formula is C23H21N7O2S. The van der Waals surface area contributed by atoms with Crippen LogP contribution in [0.3, 0.4) is 0 Å². The Labute approximate surface area is 190 Å². The summed E-state index contributed by atoms with van der Waals surface area (Å²) >= 11 is 0. The van der Waals surface area contributed by atoms with Crippen molar-refractivity contribution in [1.82, 2.24) is 20.3 Å². The second-order valence-corrected chi connectivity index (χ2v) is 11.7. The summed E-state index contributed by atoms with van der Waals surface area (Å²) < 4.78 is 25.5. The molecule has 0 amide bonds. The van der Waals surface area contributed by atoms with E-state index in [1.54, 1.807) is 31.5 Å². The monoisotopic (exact) mass is 459 g/mol. The van der Waals surface area contributed by atoms with Gasteiger partial charge in [-0.15, -0.1) is 0 Å². The van der Waals surface area contributed by atoms with E-state index in [-0.39, 0.29) is 17.5 Å². The van der Waals surface area contributed by atoms with Crippen LogP contribution < -0.4 is 10.6 Å². The third-order valence-electron chi connectivity index (χ3n) is 7.27. The quantitative estimate of drug-likeness (QED) is 0.542. The zero-order chi connectivity index (χ0) is 23.0. The highest BCUT2D eigenvalue weighted by Gasteiger charge is 2.62. The van der Waals surface area contributed by atoms with Gasteiger partial charge in [-0.2, -0.15) is 5.26 Å². The minimum atomic E-state index is -3.50. The largest absolute Gasteiger partial charge is 0.362 e. The van der Waals surface area contributed by atoms with Gasteiger partial charge in [0, 0.05) is 30.4 Å². The maximum atomic E-state index is 13.3. The smallest absolute Gasteiger partial charge is 0.165 e. The third-order valence-corrected chi connectivity index (χ3v) is 9.97. The molecule has 1 saturated carbocycles. The van der Waals surface area contributed by atoms with E-state index in [1.165, 1.54) is 6.20 Å². The fourth-order valence-corrected chi connectivity index (χ4v) is 7.53. The number of pyridine rings is 3. The maximum absolute atomic E-state index is 13.3. The number of nitrogens with zero attached hydrogens (tertiary/aromatic N) is 4. The maximum Gasteiger partial charge on any atom is 0.165 e. The van der Waals surface area contributed by atoms with E-state index < -0.39 is 20.1 Å². The van der Waals surface area contributed by atoms with E-state index in [9.17, 15) is 8.42 Å². The molecule has 166 valence electrons. The zero-order valence-electron chi connectivity index (χ0n) is 17.9. The molecule has 3 N–H and O–H groups in total. The number of nitrogens with one attached hydrogen (secondary N) is 3. The van der Waals surface area contributed by atoms with Gasteiger partial charge in [-0.1, -0.05) is 0 Å². The Hall–Kier alpha value is -3.58. The minimum Gasteiger partial charge on any atom is -0.362 e.